The quantitative estimate of drug-likeness (QED) is 0.837. The number of anilines is 1. The van der Waals surface area contributed by atoms with Gasteiger partial charge in [-0.1, -0.05) is 11.6 Å². The molecule has 0 saturated carbocycles. The number of rotatable bonds is 5. The fourth-order valence-electron chi connectivity index (χ4n) is 1.88. The Morgan fingerprint density at radius 3 is 2.50 bits per heavy atom. The average molecular weight is 294 g/mol. The maximum atomic E-state index is 12.0. The molecule has 0 bridgehead atoms. The monoisotopic (exact) mass is 293 g/mol. The molecule has 20 heavy (non-hydrogen) atoms. The van der Waals surface area contributed by atoms with Crippen LogP contribution in [-0.4, -0.2) is 32.8 Å². The third kappa shape index (κ3) is 3.33. The van der Waals surface area contributed by atoms with Crippen molar-refractivity contribution in [3.05, 3.63) is 45.9 Å². The van der Waals surface area contributed by atoms with Crippen molar-refractivity contribution < 1.29 is 0 Å². The van der Waals surface area contributed by atoms with Crippen LogP contribution in [0.5, 0.6) is 0 Å². The largest absolute Gasteiger partial charge is 0.371 e. The van der Waals surface area contributed by atoms with Gasteiger partial charge >= 0.3 is 0 Å². The molecule has 2 aromatic heterocycles. The van der Waals surface area contributed by atoms with Gasteiger partial charge in [-0.25, -0.2) is 9.67 Å². The Morgan fingerprint density at radius 2 is 1.95 bits per heavy atom. The van der Waals surface area contributed by atoms with Crippen molar-refractivity contribution in [1.82, 2.24) is 19.7 Å². The molecule has 0 aliphatic rings. The first kappa shape index (κ1) is 14.5. The summed E-state index contributed by atoms with van der Waals surface area (Å²) >= 11 is 5.67. The van der Waals surface area contributed by atoms with Gasteiger partial charge in [0.25, 0.3) is 5.56 Å². The summed E-state index contributed by atoms with van der Waals surface area (Å²) < 4.78 is 1.35. The number of hydrogen-bond donors (Lipinski definition) is 0. The van der Waals surface area contributed by atoms with Gasteiger partial charge in [0.2, 0.25) is 0 Å². The molecule has 0 aliphatic heterocycles. The zero-order valence-corrected chi connectivity index (χ0v) is 12.2. The Balaban J connectivity index is 2.22. The Hall–Kier alpha value is -1.95. The molecule has 2 aromatic rings. The summed E-state index contributed by atoms with van der Waals surface area (Å²) in [4.78, 5) is 22.1. The van der Waals surface area contributed by atoms with Gasteiger partial charge in [-0.15, -0.1) is 0 Å². The number of aromatic nitrogens is 4. The van der Waals surface area contributed by atoms with Crippen LogP contribution in [0.2, 0.25) is 5.15 Å². The van der Waals surface area contributed by atoms with Crippen LogP contribution in [0.4, 0.5) is 5.69 Å². The lowest BCUT2D eigenvalue weighted by atomic mass is 10.3. The number of nitrogens with zero attached hydrogens (tertiary/aromatic N) is 5. The molecule has 106 valence electrons. The van der Waals surface area contributed by atoms with Gasteiger partial charge in [0.05, 0.1) is 36.5 Å². The first-order valence-electron chi connectivity index (χ1n) is 6.42. The van der Waals surface area contributed by atoms with Crippen LogP contribution >= 0.6 is 11.6 Å². The first-order chi connectivity index (χ1) is 9.63. The van der Waals surface area contributed by atoms with E-state index in [0.29, 0.717) is 10.8 Å². The minimum absolute atomic E-state index is 0.161. The van der Waals surface area contributed by atoms with Crippen LogP contribution in [0.3, 0.4) is 0 Å². The van der Waals surface area contributed by atoms with Crippen molar-refractivity contribution in [2.45, 2.75) is 20.4 Å². The molecule has 0 unspecified atom stereocenters. The zero-order chi connectivity index (χ0) is 14.5. The van der Waals surface area contributed by atoms with Crippen LogP contribution in [0.25, 0.3) is 0 Å². The molecule has 0 atom stereocenters. The second-order valence-corrected chi connectivity index (χ2v) is 4.60. The standard InChI is InChI=1S/C13H16ClN5O/c1-3-18(4-2)11-5-13(20)19(17-7-11)9-10-6-16-12(14)8-15-10/h5-8H,3-4,9H2,1-2H3. The van der Waals surface area contributed by atoms with Crippen LogP contribution in [0.1, 0.15) is 19.5 Å². The smallest absolute Gasteiger partial charge is 0.269 e. The van der Waals surface area contributed by atoms with E-state index in [4.69, 9.17) is 11.6 Å². The van der Waals surface area contributed by atoms with Gasteiger partial charge in [0.1, 0.15) is 5.15 Å². The summed E-state index contributed by atoms with van der Waals surface area (Å²) in [5.41, 5.74) is 1.31. The Kier molecular flexibility index (Phi) is 4.68. The topological polar surface area (TPSA) is 63.9 Å². The van der Waals surface area contributed by atoms with Crippen LogP contribution in [-0.2, 0) is 6.54 Å². The molecule has 2 heterocycles. The van der Waals surface area contributed by atoms with E-state index >= 15 is 0 Å². The highest BCUT2D eigenvalue weighted by Gasteiger charge is 2.06. The molecule has 0 saturated heterocycles. The predicted octanol–water partition coefficient (Wildman–Crippen LogP) is 1.58. The van der Waals surface area contributed by atoms with E-state index in [-0.39, 0.29) is 12.1 Å². The summed E-state index contributed by atoms with van der Waals surface area (Å²) in [6.07, 6.45) is 4.68. The van der Waals surface area contributed by atoms with Crippen molar-refractivity contribution in [3.63, 3.8) is 0 Å². The van der Waals surface area contributed by atoms with E-state index in [1.165, 1.54) is 17.1 Å². The Morgan fingerprint density at radius 1 is 1.20 bits per heavy atom. The summed E-state index contributed by atoms with van der Waals surface area (Å²) in [7, 11) is 0. The molecule has 0 fully saturated rings. The maximum absolute atomic E-state index is 12.0. The van der Waals surface area contributed by atoms with Crippen molar-refractivity contribution >= 4 is 17.3 Å². The van der Waals surface area contributed by atoms with Gasteiger partial charge < -0.3 is 4.90 Å². The van der Waals surface area contributed by atoms with E-state index in [9.17, 15) is 4.79 Å². The highest BCUT2D eigenvalue weighted by Crippen LogP contribution is 2.08. The molecular weight excluding hydrogens is 278 g/mol. The minimum Gasteiger partial charge on any atom is -0.371 e. The highest BCUT2D eigenvalue weighted by molar-refractivity contribution is 6.29. The molecule has 0 aliphatic carbocycles. The molecular formula is C13H16ClN5O. The molecule has 0 amide bonds. The molecule has 0 aromatic carbocycles. The van der Waals surface area contributed by atoms with E-state index < -0.39 is 0 Å². The SMILES string of the molecule is CCN(CC)c1cnn(Cc2cnc(Cl)cn2)c(=O)c1. The van der Waals surface area contributed by atoms with Gasteiger partial charge in [-0.2, -0.15) is 5.10 Å². The van der Waals surface area contributed by atoms with Crippen LogP contribution in [0.15, 0.2) is 29.5 Å². The van der Waals surface area contributed by atoms with Gasteiger partial charge in [0.15, 0.2) is 0 Å². The van der Waals surface area contributed by atoms with Crippen LogP contribution in [0, 0.1) is 0 Å². The van der Waals surface area contributed by atoms with Gasteiger partial charge in [0, 0.05) is 19.2 Å². The molecule has 0 N–H and O–H groups in total. The van der Waals surface area contributed by atoms with E-state index in [1.807, 2.05) is 13.8 Å². The molecule has 6 nitrogen and oxygen atoms in total. The zero-order valence-electron chi connectivity index (χ0n) is 11.5. The fraction of sp³-hybridized carbons (Fsp3) is 0.385. The molecule has 7 heteroatoms. The Labute approximate surface area is 122 Å². The van der Waals surface area contributed by atoms with Crippen molar-refractivity contribution in [3.8, 4) is 0 Å². The Bertz CT molecular complexity index is 621. The highest BCUT2D eigenvalue weighted by atomic mass is 35.5. The van der Waals surface area contributed by atoms with Gasteiger partial charge in [-0.05, 0) is 13.8 Å². The summed E-state index contributed by atoms with van der Waals surface area (Å²) in [6.45, 7) is 6.03. The molecule has 2 rings (SSSR count). The number of hydrogen-bond acceptors (Lipinski definition) is 5. The second kappa shape index (κ2) is 6.47. The summed E-state index contributed by atoms with van der Waals surface area (Å²) in [5.74, 6) is 0. The lowest BCUT2D eigenvalue weighted by Crippen LogP contribution is -2.28. The van der Waals surface area contributed by atoms with Crippen molar-refractivity contribution in [2.24, 2.45) is 0 Å². The van der Waals surface area contributed by atoms with Crippen LogP contribution < -0.4 is 10.5 Å². The normalized spacial score (nSPS) is 10.6. The average Bonchev–Trinajstić information content (AvgIpc) is 2.45. The predicted molar refractivity (Wildman–Crippen MR) is 78.2 cm³/mol. The van der Waals surface area contributed by atoms with Gasteiger partial charge in [-0.3, -0.25) is 9.78 Å². The summed E-state index contributed by atoms with van der Waals surface area (Å²) in [6, 6.07) is 1.59. The van der Waals surface area contributed by atoms with E-state index in [0.717, 1.165) is 18.8 Å². The molecule has 0 radical (unpaired) electrons. The fourth-order valence-corrected chi connectivity index (χ4v) is 1.98. The maximum Gasteiger partial charge on any atom is 0.269 e. The van der Waals surface area contributed by atoms with Crippen molar-refractivity contribution in [1.29, 1.82) is 0 Å². The molecule has 0 spiro atoms. The van der Waals surface area contributed by atoms with E-state index in [1.54, 1.807) is 12.3 Å². The second-order valence-electron chi connectivity index (χ2n) is 4.21. The minimum atomic E-state index is -0.161. The third-order valence-electron chi connectivity index (χ3n) is 2.97. The number of halogens is 1. The summed E-state index contributed by atoms with van der Waals surface area (Å²) in [5, 5.41) is 4.50. The first-order valence-corrected chi connectivity index (χ1v) is 6.80. The van der Waals surface area contributed by atoms with Crippen molar-refractivity contribution in [2.75, 3.05) is 18.0 Å². The van der Waals surface area contributed by atoms with E-state index in [2.05, 4.69) is 20.0 Å². The third-order valence-corrected chi connectivity index (χ3v) is 3.16. The lowest BCUT2D eigenvalue weighted by Gasteiger charge is -2.20. The lowest BCUT2D eigenvalue weighted by molar-refractivity contribution is 0.623.